The van der Waals surface area contributed by atoms with E-state index in [-0.39, 0.29) is 24.4 Å². The van der Waals surface area contributed by atoms with E-state index in [4.69, 9.17) is 9.15 Å². The number of amides is 2. The van der Waals surface area contributed by atoms with Gasteiger partial charge in [-0.2, -0.15) is 4.98 Å². The molecule has 1 aromatic heterocycles. The maximum absolute atomic E-state index is 11.9. The SMILES string of the molecule is CC(=O)Nc1ccc2nc(NC(=O)COc3ccc(C)cc3)oc2c1. The predicted molar refractivity (Wildman–Crippen MR) is 93.6 cm³/mol. The van der Waals surface area contributed by atoms with Crippen molar-refractivity contribution >= 4 is 34.6 Å². The fraction of sp³-hybridized carbons (Fsp3) is 0.167. The highest BCUT2D eigenvalue weighted by molar-refractivity contribution is 5.93. The number of carbonyl (C=O) groups is 2. The van der Waals surface area contributed by atoms with E-state index in [2.05, 4.69) is 15.6 Å². The van der Waals surface area contributed by atoms with Crippen LogP contribution >= 0.6 is 0 Å². The molecule has 2 N–H and O–H groups in total. The van der Waals surface area contributed by atoms with E-state index < -0.39 is 0 Å². The standard InChI is InChI=1S/C18H17N3O4/c1-11-3-6-14(7-4-11)24-10-17(23)21-18-20-15-8-5-13(19-12(2)22)9-16(15)25-18/h3-9H,10H2,1-2H3,(H,19,22)(H,20,21,23). The zero-order valence-corrected chi connectivity index (χ0v) is 13.8. The first-order valence-electron chi connectivity index (χ1n) is 7.67. The van der Waals surface area contributed by atoms with Gasteiger partial charge in [-0.25, -0.2) is 0 Å². The lowest BCUT2D eigenvalue weighted by molar-refractivity contribution is -0.118. The predicted octanol–water partition coefficient (Wildman–Crippen LogP) is 3.11. The van der Waals surface area contributed by atoms with Gasteiger partial charge in [-0.05, 0) is 31.2 Å². The first kappa shape index (κ1) is 16.5. The number of hydrogen-bond donors (Lipinski definition) is 2. The van der Waals surface area contributed by atoms with Gasteiger partial charge < -0.3 is 14.5 Å². The van der Waals surface area contributed by atoms with Gasteiger partial charge in [0, 0.05) is 18.7 Å². The Morgan fingerprint density at radius 3 is 2.60 bits per heavy atom. The maximum atomic E-state index is 11.9. The number of oxazole rings is 1. The molecule has 0 bridgehead atoms. The largest absolute Gasteiger partial charge is 0.484 e. The summed E-state index contributed by atoms with van der Waals surface area (Å²) in [7, 11) is 0. The molecule has 7 heteroatoms. The van der Waals surface area contributed by atoms with Gasteiger partial charge in [0.1, 0.15) is 11.3 Å². The van der Waals surface area contributed by atoms with E-state index in [1.807, 2.05) is 19.1 Å². The number of ether oxygens (including phenoxy) is 1. The van der Waals surface area contributed by atoms with Crippen molar-refractivity contribution in [3.8, 4) is 5.75 Å². The molecule has 0 aliphatic heterocycles. The maximum Gasteiger partial charge on any atom is 0.302 e. The Labute approximate surface area is 144 Å². The number of rotatable bonds is 5. The molecule has 0 aliphatic rings. The smallest absolute Gasteiger partial charge is 0.302 e. The number of nitrogens with one attached hydrogen (secondary N) is 2. The average molecular weight is 339 g/mol. The summed E-state index contributed by atoms with van der Waals surface area (Å²) in [5.74, 6) is 0.0492. The second kappa shape index (κ2) is 7.04. The van der Waals surface area contributed by atoms with E-state index in [1.54, 1.807) is 30.3 Å². The first-order chi connectivity index (χ1) is 12.0. The number of aryl methyl sites for hydroxylation is 1. The summed E-state index contributed by atoms with van der Waals surface area (Å²) >= 11 is 0. The molecule has 0 spiro atoms. The van der Waals surface area contributed by atoms with Crippen molar-refractivity contribution < 1.29 is 18.7 Å². The summed E-state index contributed by atoms with van der Waals surface area (Å²) in [6.07, 6.45) is 0. The fourth-order valence-corrected chi connectivity index (χ4v) is 2.20. The number of hydrogen-bond acceptors (Lipinski definition) is 5. The third kappa shape index (κ3) is 4.35. The number of benzene rings is 2. The Morgan fingerprint density at radius 1 is 1.12 bits per heavy atom. The van der Waals surface area contributed by atoms with Crippen molar-refractivity contribution in [3.05, 3.63) is 48.0 Å². The summed E-state index contributed by atoms with van der Waals surface area (Å²) in [6, 6.07) is 12.5. The number of anilines is 2. The fourth-order valence-electron chi connectivity index (χ4n) is 2.20. The molecule has 0 saturated heterocycles. The van der Waals surface area contributed by atoms with Crippen molar-refractivity contribution in [2.45, 2.75) is 13.8 Å². The van der Waals surface area contributed by atoms with Crippen molar-refractivity contribution in [2.75, 3.05) is 17.2 Å². The molecule has 0 aliphatic carbocycles. The highest BCUT2D eigenvalue weighted by Gasteiger charge is 2.11. The summed E-state index contributed by atoms with van der Waals surface area (Å²) in [4.78, 5) is 27.2. The monoisotopic (exact) mass is 339 g/mol. The molecule has 0 saturated carbocycles. The summed E-state index contributed by atoms with van der Waals surface area (Å²) < 4.78 is 10.9. The number of fused-ring (bicyclic) bond motifs is 1. The Hall–Kier alpha value is -3.35. The number of aromatic nitrogens is 1. The van der Waals surface area contributed by atoms with Crippen molar-refractivity contribution in [3.63, 3.8) is 0 Å². The molecule has 1 heterocycles. The van der Waals surface area contributed by atoms with Gasteiger partial charge in [0.2, 0.25) is 5.91 Å². The van der Waals surface area contributed by atoms with Gasteiger partial charge in [-0.15, -0.1) is 0 Å². The molecule has 0 fully saturated rings. The molecule has 3 rings (SSSR count). The molecule has 128 valence electrons. The van der Waals surface area contributed by atoms with E-state index in [0.717, 1.165) is 5.56 Å². The normalized spacial score (nSPS) is 10.5. The lowest BCUT2D eigenvalue weighted by Gasteiger charge is -2.05. The Bertz CT molecular complexity index is 916. The molecule has 0 unspecified atom stereocenters. The van der Waals surface area contributed by atoms with Gasteiger partial charge in [-0.3, -0.25) is 14.9 Å². The van der Waals surface area contributed by atoms with E-state index >= 15 is 0 Å². The lowest BCUT2D eigenvalue weighted by atomic mass is 10.2. The van der Waals surface area contributed by atoms with Crippen LogP contribution < -0.4 is 15.4 Å². The third-order valence-electron chi connectivity index (χ3n) is 3.35. The third-order valence-corrected chi connectivity index (χ3v) is 3.35. The first-order valence-corrected chi connectivity index (χ1v) is 7.67. The number of nitrogens with zero attached hydrogens (tertiary/aromatic N) is 1. The van der Waals surface area contributed by atoms with Gasteiger partial charge in [0.05, 0.1) is 0 Å². The van der Waals surface area contributed by atoms with Crippen LogP contribution in [0.2, 0.25) is 0 Å². The minimum Gasteiger partial charge on any atom is -0.484 e. The minimum atomic E-state index is -0.380. The molecule has 2 aromatic carbocycles. The molecule has 25 heavy (non-hydrogen) atoms. The van der Waals surface area contributed by atoms with Crippen LogP contribution in [-0.2, 0) is 9.59 Å². The van der Waals surface area contributed by atoms with Crippen LogP contribution in [-0.4, -0.2) is 23.4 Å². The van der Waals surface area contributed by atoms with Crippen molar-refractivity contribution in [1.82, 2.24) is 4.98 Å². The van der Waals surface area contributed by atoms with Crippen molar-refractivity contribution in [1.29, 1.82) is 0 Å². The lowest BCUT2D eigenvalue weighted by Crippen LogP contribution is -2.20. The van der Waals surface area contributed by atoms with Gasteiger partial charge in [-0.1, -0.05) is 17.7 Å². The van der Waals surface area contributed by atoms with Crippen LogP contribution in [0.25, 0.3) is 11.1 Å². The molecular formula is C18H17N3O4. The van der Waals surface area contributed by atoms with Crippen LogP contribution in [0.3, 0.4) is 0 Å². The van der Waals surface area contributed by atoms with E-state index in [0.29, 0.717) is 22.5 Å². The van der Waals surface area contributed by atoms with Crippen molar-refractivity contribution in [2.24, 2.45) is 0 Å². The molecule has 0 radical (unpaired) electrons. The second-order valence-electron chi connectivity index (χ2n) is 5.53. The van der Waals surface area contributed by atoms with Gasteiger partial charge >= 0.3 is 6.01 Å². The summed E-state index contributed by atoms with van der Waals surface area (Å²) in [6.45, 7) is 3.24. The highest BCUT2D eigenvalue weighted by Crippen LogP contribution is 2.22. The Morgan fingerprint density at radius 2 is 1.88 bits per heavy atom. The molecule has 3 aromatic rings. The zero-order valence-electron chi connectivity index (χ0n) is 13.8. The second-order valence-corrected chi connectivity index (χ2v) is 5.53. The van der Waals surface area contributed by atoms with Crippen LogP contribution in [0.5, 0.6) is 5.75 Å². The molecule has 2 amide bonds. The quantitative estimate of drug-likeness (QED) is 0.745. The highest BCUT2D eigenvalue weighted by atomic mass is 16.5. The zero-order chi connectivity index (χ0) is 17.8. The van der Waals surface area contributed by atoms with Crippen LogP contribution in [0.4, 0.5) is 11.7 Å². The van der Waals surface area contributed by atoms with Crippen LogP contribution in [0.1, 0.15) is 12.5 Å². The van der Waals surface area contributed by atoms with E-state index in [9.17, 15) is 9.59 Å². The molecule has 0 atom stereocenters. The van der Waals surface area contributed by atoms with Crippen LogP contribution in [0, 0.1) is 6.92 Å². The number of carbonyl (C=O) groups excluding carboxylic acids is 2. The summed E-state index contributed by atoms with van der Waals surface area (Å²) in [5, 5.41) is 5.20. The Balaban J connectivity index is 1.62. The van der Waals surface area contributed by atoms with Gasteiger partial charge in [0.25, 0.3) is 5.91 Å². The van der Waals surface area contributed by atoms with Gasteiger partial charge in [0.15, 0.2) is 12.2 Å². The molecule has 7 nitrogen and oxygen atoms in total. The Kier molecular flexibility index (Phi) is 4.65. The average Bonchev–Trinajstić information content (AvgIpc) is 2.95. The van der Waals surface area contributed by atoms with Crippen LogP contribution in [0.15, 0.2) is 46.9 Å². The summed E-state index contributed by atoms with van der Waals surface area (Å²) in [5.41, 5.74) is 2.74. The topological polar surface area (TPSA) is 93.5 Å². The minimum absolute atomic E-state index is 0.0764. The molecular weight excluding hydrogens is 322 g/mol. The van der Waals surface area contributed by atoms with E-state index in [1.165, 1.54) is 6.92 Å².